The molecule has 2 amide bonds. The number of carbonyl (C=O) groups is 2. The van der Waals surface area contributed by atoms with Gasteiger partial charge in [-0.1, -0.05) is 30.3 Å². The van der Waals surface area contributed by atoms with Gasteiger partial charge < -0.3 is 19.7 Å². The number of benzene rings is 1. The molecule has 0 radical (unpaired) electrons. The molecule has 0 bridgehead atoms. The summed E-state index contributed by atoms with van der Waals surface area (Å²) in [7, 11) is 0. The molecule has 1 unspecified atom stereocenters. The van der Waals surface area contributed by atoms with E-state index in [-0.39, 0.29) is 30.1 Å². The van der Waals surface area contributed by atoms with Crippen LogP contribution in [-0.2, 0) is 14.3 Å². The third kappa shape index (κ3) is 5.63. The van der Waals surface area contributed by atoms with Gasteiger partial charge in [0.2, 0.25) is 5.91 Å². The first kappa shape index (κ1) is 23.9. The number of thiophene rings is 1. The van der Waals surface area contributed by atoms with Crippen LogP contribution in [0.5, 0.6) is 0 Å². The Hall–Kier alpha value is -2.26. The lowest BCUT2D eigenvalue weighted by Gasteiger charge is -2.41. The Balaban J connectivity index is 1.59. The normalized spacial score (nSPS) is 21.1. The highest BCUT2D eigenvalue weighted by molar-refractivity contribution is 7.20. The minimum atomic E-state index is -0.296. The molecule has 33 heavy (non-hydrogen) atoms. The Labute approximate surface area is 199 Å². The van der Waals surface area contributed by atoms with E-state index in [4.69, 9.17) is 9.47 Å². The number of rotatable bonds is 5. The van der Waals surface area contributed by atoms with Crippen LogP contribution in [0.15, 0.2) is 30.3 Å². The molecule has 7 nitrogen and oxygen atoms in total. The summed E-state index contributed by atoms with van der Waals surface area (Å²) in [5.41, 5.74) is 2.24. The number of morpholine rings is 2. The van der Waals surface area contributed by atoms with E-state index < -0.39 is 0 Å². The number of hydrogen-bond donors (Lipinski definition) is 1. The van der Waals surface area contributed by atoms with Gasteiger partial charge in [-0.3, -0.25) is 14.5 Å². The zero-order valence-electron chi connectivity index (χ0n) is 19.8. The molecule has 1 aromatic heterocycles. The first-order chi connectivity index (χ1) is 15.7. The third-order valence-corrected chi connectivity index (χ3v) is 7.21. The van der Waals surface area contributed by atoms with Gasteiger partial charge in [0.15, 0.2) is 0 Å². The maximum Gasteiger partial charge on any atom is 0.257 e. The molecule has 0 saturated carbocycles. The fourth-order valence-corrected chi connectivity index (χ4v) is 5.94. The summed E-state index contributed by atoms with van der Waals surface area (Å²) in [6, 6.07) is 10.0. The first-order valence-corrected chi connectivity index (χ1v) is 12.3. The van der Waals surface area contributed by atoms with Crippen molar-refractivity contribution in [3.63, 3.8) is 0 Å². The Kier molecular flexibility index (Phi) is 7.19. The maximum absolute atomic E-state index is 13.5. The van der Waals surface area contributed by atoms with Gasteiger partial charge in [0.25, 0.3) is 5.91 Å². The van der Waals surface area contributed by atoms with Crippen molar-refractivity contribution in [2.24, 2.45) is 0 Å². The maximum atomic E-state index is 13.5. The standard InChI is InChI=1S/C25H33N3O4S/c1-17-14-27(16-25(3,4)32-17)15-20(29)26-23-21(24(30)28-10-12-31-13-11-28)18(2)22(33-23)19-8-6-5-7-9-19/h5-9,17H,10-16H2,1-4H3,(H,26,29). The molecule has 1 N–H and O–H groups in total. The van der Waals surface area contributed by atoms with Crippen LogP contribution in [0.4, 0.5) is 5.00 Å². The largest absolute Gasteiger partial charge is 0.378 e. The minimum absolute atomic E-state index is 0.0503. The van der Waals surface area contributed by atoms with Crippen LogP contribution in [0.25, 0.3) is 10.4 Å². The molecule has 178 valence electrons. The zero-order valence-corrected chi connectivity index (χ0v) is 20.7. The molecule has 2 aliphatic heterocycles. The lowest BCUT2D eigenvalue weighted by molar-refractivity contribution is -0.136. The quantitative estimate of drug-likeness (QED) is 0.721. The van der Waals surface area contributed by atoms with Crippen molar-refractivity contribution in [1.82, 2.24) is 9.80 Å². The van der Waals surface area contributed by atoms with Gasteiger partial charge in [0.1, 0.15) is 5.00 Å². The molecule has 2 fully saturated rings. The zero-order chi connectivity index (χ0) is 23.6. The van der Waals surface area contributed by atoms with E-state index in [0.717, 1.165) is 16.0 Å². The van der Waals surface area contributed by atoms with Crippen molar-refractivity contribution in [2.75, 3.05) is 51.3 Å². The molecule has 4 rings (SSSR count). The predicted molar refractivity (Wildman–Crippen MR) is 131 cm³/mol. The van der Waals surface area contributed by atoms with Crippen LogP contribution in [-0.4, -0.2) is 79.3 Å². The minimum Gasteiger partial charge on any atom is -0.378 e. The topological polar surface area (TPSA) is 71.1 Å². The van der Waals surface area contributed by atoms with E-state index in [1.165, 1.54) is 11.3 Å². The summed E-state index contributed by atoms with van der Waals surface area (Å²) >= 11 is 1.47. The highest BCUT2D eigenvalue weighted by Gasteiger charge is 2.33. The van der Waals surface area contributed by atoms with Crippen LogP contribution in [0.3, 0.4) is 0 Å². The molecule has 2 saturated heterocycles. The molecule has 3 heterocycles. The lowest BCUT2D eigenvalue weighted by atomic mass is 10.1. The van der Waals surface area contributed by atoms with Gasteiger partial charge in [-0.25, -0.2) is 0 Å². The Morgan fingerprint density at radius 1 is 1.18 bits per heavy atom. The van der Waals surface area contributed by atoms with E-state index >= 15 is 0 Å². The second kappa shape index (κ2) is 9.93. The highest BCUT2D eigenvalue weighted by Crippen LogP contribution is 2.40. The summed E-state index contributed by atoms with van der Waals surface area (Å²) in [5.74, 6) is -0.164. The van der Waals surface area contributed by atoms with Crippen molar-refractivity contribution in [3.8, 4) is 10.4 Å². The summed E-state index contributed by atoms with van der Waals surface area (Å²) in [5, 5.41) is 3.69. The molecule has 8 heteroatoms. The molecular formula is C25H33N3O4S. The monoisotopic (exact) mass is 471 g/mol. The van der Waals surface area contributed by atoms with E-state index in [0.29, 0.717) is 50.0 Å². The molecule has 2 aliphatic rings. The van der Waals surface area contributed by atoms with Gasteiger partial charge in [-0.05, 0) is 38.8 Å². The number of amides is 2. The number of hydrogen-bond acceptors (Lipinski definition) is 6. The van der Waals surface area contributed by atoms with Crippen molar-refractivity contribution in [1.29, 1.82) is 0 Å². The molecular weight excluding hydrogens is 438 g/mol. The fourth-order valence-electron chi connectivity index (χ4n) is 4.72. The summed E-state index contributed by atoms with van der Waals surface area (Å²) in [6.45, 7) is 11.9. The van der Waals surface area contributed by atoms with Crippen LogP contribution < -0.4 is 5.32 Å². The fraction of sp³-hybridized carbons (Fsp3) is 0.520. The van der Waals surface area contributed by atoms with Crippen molar-refractivity contribution >= 4 is 28.2 Å². The SMILES string of the molecule is Cc1c(-c2ccccc2)sc(NC(=O)CN2CC(C)OC(C)(C)C2)c1C(=O)N1CCOCC1. The first-order valence-electron chi connectivity index (χ1n) is 11.5. The van der Waals surface area contributed by atoms with Gasteiger partial charge in [0.05, 0.1) is 37.0 Å². The van der Waals surface area contributed by atoms with Crippen molar-refractivity contribution in [2.45, 2.75) is 39.4 Å². The number of carbonyl (C=O) groups excluding carboxylic acids is 2. The molecule has 1 aromatic carbocycles. The Morgan fingerprint density at radius 3 is 2.55 bits per heavy atom. The smallest absolute Gasteiger partial charge is 0.257 e. The average molecular weight is 472 g/mol. The second-order valence-corrected chi connectivity index (χ2v) is 10.5. The van der Waals surface area contributed by atoms with Crippen molar-refractivity contribution in [3.05, 3.63) is 41.5 Å². The van der Waals surface area contributed by atoms with Crippen LogP contribution >= 0.6 is 11.3 Å². The molecule has 2 aromatic rings. The highest BCUT2D eigenvalue weighted by atomic mass is 32.1. The van der Waals surface area contributed by atoms with Gasteiger partial charge in [0, 0.05) is 31.1 Å². The lowest BCUT2D eigenvalue weighted by Crippen LogP contribution is -2.53. The molecule has 0 spiro atoms. The Morgan fingerprint density at radius 2 is 1.88 bits per heavy atom. The number of nitrogens with zero attached hydrogens (tertiary/aromatic N) is 2. The van der Waals surface area contributed by atoms with E-state index in [1.54, 1.807) is 0 Å². The number of ether oxygens (including phenoxy) is 2. The van der Waals surface area contributed by atoms with Gasteiger partial charge in [-0.2, -0.15) is 0 Å². The van der Waals surface area contributed by atoms with E-state index in [2.05, 4.69) is 10.2 Å². The third-order valence-electron chi connectivity index (χ3n) is 5.95. The van der Waals surface area contributed by atoms with Gasteiger partial charge in [-0.15, -0.1) is 11.3 Å². The van der Waals surface area contributed by atoms with E-state index in [9.17, 15) is 9.59 Å². The average Bonchev–Trinajstić information content (AvgIpc) is 3.08. The molecule has 1 atom stereocenters. The van der Waals surface area contributed by atoms with Crippen LogP contribution in [0.1, 0.15) is 36.7 Å². The number of nitrogens with one attached hydrogen (secondary N) is 1. The summed E-state index contributed by atoms with van der Waals surface area (Å²) in [6.07, 6.45) is 0.0636. The van der Waals surface area contributed by atoms with Crippen LogP contribution in [0, 0.1) is 6.92 Å². The summed E-state index contributed by atoms with van der Waals surface area (Å²) < 4.78 is 11.4. The predicted octanol–water partition coefficient (Wildman–Crippen LogP) is 3.63. The second-order valence-electron chi connectivity index (χ2n) is 9.44. The molecule has 0 aliphatic carbocycles. The summed E-state index contributed by atoms with van der Waals surface area (Å²) in [4.78, 5) is 31.5. The number of anilines is 1. The Bertz CT molecular complexity index is 999. The van der Waals surface area contributed by atoms with Gasteiger partial charge >= 0.3 is 0 Å². The van der Waals surface area contributed by atoms with E-state index in [1.807, 2.05) is 62.9 Å². The van der Waals surface area contributed by atoms with Crippen molar-refractivity contribution < 1.29 is 19.1 Å². The van der Waals surface area contributed by atoms with Crippen LogP contribution in [0.2, 0.25) is 0 Å².